The van der Waals surface area contributed by atoms with E-state index in [1.54, 1.807) is 35.0 Å². The fourth-order valence-corrected chi connectivity index (χ4v) is 8.50. The number of alkyl carbamates (subject to hydrolysis) is 1. The van der Waals surface area contributed by atoms with E-state index in [2.05, 4.69) is 86.1 Å². The molecule has 0 radical (unpaired) electrons. The van der Waals surface area contributed by atoms with Crippen LogP contribution in [-0.2, 0) is 49.0 Å². The largest absolute Gasteiger partial charge is 0.444 e. The maximum absolute atomic E-state index is 13.8. The quantitative estimate of drug-likeness (QED) is 0.0454. The number of rotatable bonds is 21. The Kier molecular flexibility index (Phi) is 17.9. The standard InChI is InChI=1S/C29H40F2N2O4.C24H32F2N2O2/c1-27(2,3)37-26(35)33-24(14-19-12-22(30)16-23(31)13-19)25(34)17-32-29(10-11-29)21-9-7-8-20(15-21)28(4,5)18-36-6;1-23(2,15-30-3)17-5-4-6-18(12-17)24(7-8-24)28-14-22(29)21(27)11-16-9-19(25)13-20(26)10-16/h7-9,12-13,15-16,24-25,32,34H,10-11,14,17-18H2,1-6H3,(H,33,35);4-6,9-10,12-13,21-22,28-29H,7-8,11,14-15,27H2,1-3H3. The van der Waals surface area contributed by atoms with Gasteiger partial charge in [-0.25, -0.2) is 22.4 Å². The summed E-state index contributed by atoms with van der Waals surface area (Å²) in [5.41, 5.74) is 10.1. The summed E-state index contributed by atoms with van der Waals surface area (Å²) < 4.78 is 70.5. The van der Waals surface area contributed by atoms with Crippen molar-refractivity contribution in [3.05, 3.63) is 142 Å². The van der Waals surface area contributed by atoms with Crippen LogP contribution in [0.25, 0.3) is 0 Å². The van der Waals surface area contributed by atoms with Crippen LogP contribution >= 0.6 is 0 Å². The fraction of sp³-hybridized carbons (Fsp3) is 0.528. The highest BCUT2D eigenvalue weighted by Crippen LogP contribution is 2.47. The van der Waals surface area contributed by atoms with Gasteiger partial charge in [-0.15, -0.1) is 0 Å². The van der Waals surface area contributed by atoms with E-state index in [0.29, 0.717) is 30.9 Å². The molecule has 368 valence electrons. The first-order chi connectivity index (χ1) is 31.4. The second-order valence-electron chi connectivity index (χ2n) is 20.7. The Bertz CT molecular complexity index is 2220. The topological polar surface area (TPSA) is 147 Å². The normalized spacial score (nSPS) is 17.1. The minimum absolute atomic E-state index is 0.0322. The molecular formula is C53H72F4N4O6. The highest BCUT2D eigenvalue weighted by atomic mass is 19.1. The van der Waals surface area contributed by atoms with E-state index in [9.17, 15) is 32.6 Å². The van der Waals surface area contributed by atoms with Gasteiger partial charge in [-0.2, -0.15) is 0 Å². The number of nitrogens with two attached hydrogens (primary N) is 1. The first-order valence-electron chi connectivity index (χ1n) is 23.1. The van der Waals surface area contributed by atoms with E-state index in [4.69, 9.17) is 19.9 Å². The Hall–Kier alpha value is -4.41. The molecule has 4 aromatic rings. The van der Waals surface area contributed by atoms with Gasteiger partial charge < -0.3 is 46.1 Å². The Balaban J connectivity index is 0.000000256. The van der Waals surface area contributed by atoms with Crippen LogP contribution in [0.4, 0.5) is 22.4 Å². The summed E-state index contributed by atoms with van der Waals surface area (Å²) in [5, 5.41) is 31.3. The van der Waals surface area contributed by atoms with Crippen molar-refractivity contribution in [2.75, 3.05) is 40.5 Å². The first kappa shape index (κ1) is 53.5. The number of nitrogens with one attached hydrogen (secondary N) is 3. The van der Waals surface area contributed by atoms with Gasteiger partial charge in [0.15, 0.2) is 0 Å². The summed E-state index contributed by atoms with van der Waals surface area (Å²) in [6, 6.07) is 21.9. The molecule has 0 spiro atoms. The van der Waals surface area contributed by atoms with E-state index in [1.807, 2.05) is 6.07 Å². The van der Waals surface area contributed by atoms with Crippen molar-refractivity contribution < 1.29 is 46.8 Å². The third-order valence-electron chi connectivity index (χ3n) is 12.6. The first-order valence-corrected chi connectivity index (χ1v) is 23.1. The highest BCUT2D eigenvalue weighted by molar-refractivity contribution is 5.68. The van der Waals surface area contributed by atoms with E-state index >= 15 is 0 Å². The Labute approximate surface area is 394 Å². The van der Waals surface area contributed by atoms with Gasteiger partial charge in [0.2, 0.25) is 0 Å². The number of aliphatic hydroxyl groups is 2. The van der Waals surface area contributed by atoms with Crippen LogP contribution in [-0.4, -0.2) is 86.7 Å². The molecule has 7 N–H and O–H groups in total. The summed E-state index contributed by atoms with van der Waals surface area (Å²) in [7, 11) is 3.40. The van der Waals surface area contributed by atoms with Crippen LogP contribution < -0.4 is 21.7 Å². The number of benzene rings is 4. The van der Waals surface area contributed by atoms with Crippen molar-refractivity contribution >= 4 is 6.09 Å². The van der Waals surface area contributed by atoms with E-state index < -0.39 is 59.3 Å². The van der Waals surface area contributed by atoms with E-state index in [1.165, 1.54) is 35.4 Å². The summed E-state index contributed by atoms with van der Waals surface area (Å²) in [6.07, 6.45) is 1.45. The zero-order chi connectivity index (χ0) is 49.4. The number of ether oxygens (including phenoxy) is 3. The summed E-state index contributed by atoms with van der Waals surface area (Å²) in [6.45, 7) is 15.5. The Morgan fingerprint density at radius 1 is 0.642 bits per heavy atom. The lowest BCUT2D eigenvalue weighted by Crippen LogP contribution is -2.51. The zero-order valence-corrected chi connectivity index (χ0v) is 40.6. The number of carbonyl (C=O) groups excluding carboxylic acids is 1. The molecule has 1 amide bonds. The Morgan fingerprint density at radius 3 is 1.43 bits per heavy atom. The lowest BCUT2D eigenvalue weighted by molar-refractivity contribution is 0.0419. The second-order valence-corrected chi connectivity index (χ2v) is 20.7. The molecule has 2 fully saturated rings. The second kappa shape index (κ2) is 22.3. The number of hydrogen-bond donors (Lipinski definition) is 6. The minimum atomic E-state index is -1.04. The van der Waals surface area contributed by atoms with Crippen molar-refractivity contribution in [2.24, 2.45) is 5.73 Å². The molecule has 14 heteroatoms. The molecule has 0 aliphatic heterocycles. The van der Waals surface area contributed by atoms with Crippen LogP contribution in [0.1, 0.15) is 108 Å². The van der Waals surface area contributed by atoms with E-state index in [-0.39, 0.29) is 41.3 Å². The maximum Gasteiger partial charge on any atom is 0.407 e. The SMILES string of the molecule is COCC(C)(C)c1cccc(C2(NCC(O)C(Cc3cc(F)cc(F)c3)NC(=O)OC(C)(C)C)CC2)c1.COCC(C)(C)c1cccc(C2(NCC(O)C(N)Cc3cc(F)cc(F)c3)CC2)c1. The van der Waals surface area contributed by atoms with Gasteiger partial charge in [-0.05, 0) is 117 Å². The lowest BCUT2D eigenvalue weighted by atomic mass is 9.83. The van der Waals surface area contributed by atoms with E-state index in [0.717, 1.165) is 48.9 Å². The molecular weight excluding hydrogens is 865 g/mol. The Morgan fingerprint density at radius 2 is 1.04 bits per heavy atom. The molecule has 6 rings (SSSR count). The number of hydrogen-bond acceptors (Lipinski definition) is 9. The zero-order valence-electron chi connectivity index (χ0n) is 40.6. The fourth-order valence-electron chi connectivity index (χ4n) is 8.50. The van der Waals surface area contributed by atoms with Crippen molar-refractivity contribution in [1.29, 1.82) is 0 Å². The van der Waals surface area contributed by atoms with Crippen molar-refractivity contribution in [3.63, 3.8) is 0 Å². The number of methoxy groups -OCH3 is 2. The lowest BCUT2D eigenvalue weighted by Gasteiger charge is -2.29. The monoisotopic (exact) mass is 937 g/mol. The molecule has 4 unspecified atom stereocenters. The van der Waals surface area contributed by atoms with Crippen LogP contribution in [0.2, 0.25) is 0 Å². The van der Waals surface area contributed by atoms with Crippen LogP contribution in [0.15, 0.2) is 84.9 Å². The molecule has 4 atom stereocenters. The third kappa shape index (κ3) is 15.6. The minimum Gasteiger partial charge on any atom is -0.444 e. The molecule has 0 heterocycles. The molecule has 4 aromatic carbocycles. The van der Waals surface area contributed by atoms with Gasteiger partial charge in [-0.1, -0.05) is 76.2 Å². The predicted molar refractivity (Wildman–Crippen MR) is 254 cm³/mol. The molecule has 0 aromatic heterocycles. The third-order valence-corrected chi connectivity index (χ3v) is 12.6. The smallest absolute Gasteiger partial charge is 0.407 e. The number of amides is 1. The summed E-state index contributed by atoms with van der Waals surface area (Å²) in [4.78, 5) is 12.5. The predicted octanol–water partition coefficient (Wildman–Crippen LogP) is 8.36. The van der Waals surface area contributed by atoms with Gasteiger partial charge in [-0.3, -0.25) is 0 Å². The molecule has 0 bridgehead atoms. The average Bonchev–Trinajstić information content (AvgIpc) is 4.18. The van der Waals surface area contributed by atoms with Gasteiger partial charge in [0, 0.05) is 67.4 Å². The van der Waals surface area contributed by atoms with Gasteiger partial charge >= 0.3 is 6.09 Å². The highest BCUT2D eigenvalue weighted by Gasteiger charge is 2.46. The van der Waals surface area contributed by atoms with Crippen LogP contribution in [0, 0.1) is 23.3 Å². The van der Waals surface area contributed by atoms with Gasteiger partial charge in [0.05, 0.1) is 31.5 Å². The molecule has 0 saturated heterocycles. The van der Waals surface area contributed by atoms with Crippen molar-refractivity contribution in [2.45, 2.75) is 139 Å². The van der Waals surface area contributed by atoms with Crippen LogP contribution in [0.5, 0.6) is 0 Å². The summed E-state index contributed by atoms with van der Waals surface area (Å²) >= 11 is 0. The molecule has 67 heavy (non-hydrogen) atoms. The molecule has 2 saturated carbocycles. The van der Waals surface area contributed by atoms with Gasteiger partial charge in [0.25, 0.3) is 0 Å². The molecule has 10 nitrogen and oxygen atoms in total. The van der Waals surface area contributed by atoms with Crippen molar-refractivity contribution in [3.8, 4) is 0 Å². The number of halogens is 4. The van der Waals surface area contributed by atoms with Gasteiger partial charge in [0.1, 0.15) is 28.9 Å². The summed E-state index contributed by atoms with van der Waals surface area (Å²) in [5.74, 6) is -2.71. The number of carbonyl (C=O) groups is 1. The average molecular weight is 937 g/mol. The molecule has 2 aliphatic carbocycles. The maximum atomic E-state index is 13.8. The molecule has 2 aliphatic rings. The van der Waals surface area contributed by atoms with Crippen molar-refractivity contribution in [1.82, 2.24) is 16.0 Å². The van der Waals surface area contributed by atoms with Crippen LogP contribution in [0.3, 0.4) is 0 Å². The number of aliphatic hydroxyl groups excluding tert-OH is 2.